The molecule has 1 aliphatic heterocycles. The number of aromatic nitrogens is 4. The number of H-pyrrole nitrogens is 1. The van der Waals surface area contributed by atoms with Crippen molar-refractivity contribution in [2.24, 2.45) is 16.2 Å². The zero-order chi connectivity index (χ0) is 18.5. The minimum atomic E-state index is -4.49. The third kappa shape index (κ3) is 2.90. The second-order valence-corrected chi connectivity index (χ2v) is 9.17. The van der Waals surface area contributed by atoms with Gasteiger partial charge < -0.3 is 10.4 Å². The molecule has 4 atom stereocenters. The number of hydrogen-bond donors (Lipinski definition) is 5. The van der Waals surface area contributed by atoms with Crippen molar-refractivity contribution in [3.63, 3.8) is 0 Å². The summed E-state index contributed by atoms with van der Waals surface area (Å²) in [5.74, 6) is -0.808. The molecule has 3 rings (SSSR count). The van der Waals surface area contributed by atoms with Gasteiger partial charge in [-0.2, -0.15) is 0 Å². The van der Waals surface area contributed by atoms with Crippen molar-refractivity contribution >= 4 is 20.0 Å². The molecule has 138 valence electrons. The van der Waals surface area contributed by atoms with E-state index in [0.717, 1.165) is 6.08 Å². The fourth-order valence-electron chi connectivity index (χ4n) is 3.58. The summed E-state index contributed by atoms with van der Waals surface area (Å²) in [6, 6.07) is 0. The molecular formula is C11H17N7O5S2. The van der Waals surface area contributed by atoms with Gasteiger partial charge in [-0.1, -0.05) is 12.2 Å². The maximum atomic E-state index is 12.4. The molecule has 12 nitrogen and oxygen atoms in total. The predicted molar refractivity (Wildman–Crippen MR) is 85.4 cm³/mol. The molecule has 0 saturated carbocycles. The summed E-state index contributed by atoms with van der Waals surface area (Å²) in [6.45, 7) is 0.379. The number of sulfonamides is 2. The minimum Gasteiger partial charge on any atom is -0.391 e. The van der Waals surface area contributed by atoms with Gasteiger partial charge in [-0.25, -0.2) is 32.2 Å². The Morgan fingerprint density at radius 3 is 2.44 bits per heavy atom. The van der Waals surface area contributed by atoms with Gasteiger partial charge in [0, 0.05) is 19.0 Å². The van der Waals surface area contributed by atoms with Crippen molar-refractivity contribution in [1.82, 2.24) is 25.9 Å². The molecule has 0 aromatic carbocycles. The van der Waals surface area contributed by atoms with Gasteiger partial charge >= 0.3 is 0 Å². The number of aliphatic hydroxyl groups is 1. The maximum absolute atomic E-state index is 12.4. The van der Waals surface area contributed by atoms with E-state index < -0.39 is 47.6 Å². The van der Waals surface area contributed by atoms with Gasteiger partial charge in [-0.3, -0.25) is 0 Å². The third-order valence-electron chi connectivity index (χ3n) is 4.53. The molecule has 2 aliphatic rings. The Kier molecular flexibility index (Phi) is 4.29. The lowest BCUT2D eigenvalue weighted by Crippen LogP contribution is -2.57. The summed E-state index contributed by atoms with van der Waals surface area (Å²) in [7, 11) is -8.89. The van der Waals surface area contributed by atoms with E-state index in [4.69, 9.17) is 10.3 Å². The first-order valence-electron chi connectivity index (χ1n) is 7.15. The highest BCUT2D eigenvalue weighted by molar-refractivity contribution is 7.96. The topological polar surface area (TPSA) is 207 Å². The standard InChI is InChI=1S/C11H17N7O5S2/c12-24(20,21)8-2-1-3-11(9(8)25(13,22)23,10-15-17-18-16-10)6-4-14-5-7(6)19/h1-3,6-7,9,14,19H,4-5H2,(H2,12,20,21)(H2,13,22,23)(H,15,16,17,18)/t6-,7-,9?,11?/m1/s1. The fourth-order valence-corrected chi connectivity index (χ4v) is 6.46. The summed E-state index contributed by atoms with van der Waals surface area (Å²) in [5.41, 5.74) is -1.64. The molecule has 1 fully saturated rings. The maximum Gasteiger partial charge on any atom is 0.235 e. The monoisotopic (exact) mass is 391 g/mol. The lowest BCUT2D eigenvalue weighted by atomic mass is 9.68. The van der Waals surface area contributed by atoms with Gasteiger partial charge in [0.2, 0.25) is 20.0 Å². The molecule has 1 saturated heterocycles. The summed E-state index contributed by atoms with van der Waals surface area (Å²) >= 11 is 0. The Morgan fingerprint density at radius 1 is 1.24 bits per heavy atom. The molecule has 2 heterocycles. The summed E-state index contributed by atoms with van der Waals surface area (Å²) in [4.78, 5) is -0.590. The van der Waals surface area contributed by atoms with E-state index in [-0.39, 0.29) is 18.9 Å². The van der Waals surface area contributed by atoms with E-state index in [1.807, 2.05) is 0 Å². The van der Waals surface area contributed by atoms with Crippen LogP contribution in [0.1, 0.15) is 5.82 Å². The summed E-state index contributed by atoms with van der Waals surface area (Å²) in [5, 5.41) is 35.3. The average molecular weight is 391 g/mol. The zero-order valence-electron chi connectivity index (χ0n) is 12.8. The quantitative estimate of drug-likeness (QED) is 0.343. The lowest BCUT2D eigenvalue weighted by Gasteiger charge is -2.42. The molecule has 0 bridgehead atoms. The SMILES string of the molecule is NS(=O)(=O)C1=CC=CC(c2nnn[nH]2)([C@@H]2CNC[C@H]2O)C1S(N)(=O)=O. The molecule has 0 radical (unpaired) electrons. The van der Waals surface area contributed by atoms with E-state index in [9.17, 15) is 21.9 Å². The number of nitrogens with zero attached hydrogens (tertiary/aromatic N) is 3. The molecule has 1 aromatic heterocycles. The van der Waals surface area contributed by atoms with Crippen LogP contribution in [0.15, 0.2) is 23.1 Å². The van der Waals surface area contributed by atoms with Crippen LogP contribution >= 0.6 is 0 Å². The molecule has 1 aliphatic carbocycles. The van der Waals surface area contributed by atoms with Crippen LogP contribution in [-0.2, 0) is 25.5 Å². The Hall–Kier alpha value is -1.71. The van der Waals surface area contributed by atoms with Gasteiger partial charge in [0.25, 0.3) is 0 Å². The first-order chi connectivity index (χ1) is 11.6. The number of nitrogens with one attached hydrogen (secondary N) is 2. The van der Waals surface area contributed by atoms with Gasteiger partial charge in [0.15, 0.2) is 5.82 Å². The van der Waals surface area contributed by atoms with E-state index >= 15 is 0 Å². The number of aromatic amines is 1. The minimum absolute atomic E-state index is 0.0372. The van der Waals surface area contributed by atoms with Crippen molar-refractivity contribution in [2.75, 3.05) is 13.1 Å². The van der Waals surface area contributed by atoms with Crippen LogP contribution in [0.3, 0.4) is 0 Å². The third-order valence-corrected chi connectivity index (χ3v) is 7.01. The van der Waals surface area contributed by atoms with Crippen LogP contribution < -0.4 is 15.6 Å². The Balaban J connectivity index is 2.33. The first-order valence-corrected chi connectivity index (χ1v) is 10.3. The summed E-state index contributed by atoms with van der Waals surface area (Å²) in [6.07, 6.45) is 2.86. The lowest BCUT2D eigenvalue weighted by molar-refractivity contribution is 0.109. The van der Waals surface area contributed by atoms with E-state index in [2.05, 4.69) is 25.9 Å². The van der Waals surface area contributed by atoms with Crippen LogP contribution in [0.2, 0.25) is 0 Å². The van der Waals surface area contributed by atoms with Crippen molar-refractivity contribution in [2.45, 2.75) is 16.8 Å². The van der Waals surface area contributed by atoms with Crippen LogP contribution in [0.4, 0.5) is 0 Å². The fraction of sp³-hybridized carbons (Fsp3) is 0.545. The summed E-state index contributed by atoms with van der Waals surface area (Å²) < 4.78 is 48.9. The van der Waals surface area contributed by atoms with Gasteiger partial charge in [0.05, 0.1) is 16.4 Å². The van der Waals surface area contributed by atoms with E-state index in [1.54, 1.807) is 0 Å². The number of rotatable bonds is 4. The second-order valence-electron chi connectivity index (χ2n) is 5.96. The van der Waals surface area contributed by atoms with Crippen LogP contribution in [0.5, 0.6) is 0 Å². The van der Waals surface area contributed by atoms with E-state index in [0.29, 0.717) is 0 Å². The van der Waals surface area contributed by atoms with Crippen LogP contribution in [-0.4, -0.2) is 67.0 Å². The molecule has 25 heavy (non-hydrogen) atoms. The molecule has 0 amide bonds. The molecule has 2 unspecified atom stereocenters. The normalized spacial score (nSPS) is 33.4. The number of nitrogens with two attached hydrogens (primary N) is 2. The van der Waals surface area contributed by atoms with Crippen LogP contribution in [0.25, 0.3) is 0 Å². The molecule has 7 N–H and O–H groups in total. The predicted octanol–water partition coefficient (Wildman–Crippen LogP) is -3.58. The van der Waals surface area contributed by atoms with Crippen molar-refractivity contribution in [3.05, 3.63) is 29.0 Å². The Morgan fingerprint density at radius 2 is 1.96 bits per heavy atom. The van der Waals surface area contributed by atoms with Gasteiger partial charge in [-0.05, 0) is 16.5 Å². The Bertz CT molecular complexity index is 924. The number of aliphatic hydroxyl groups excluding tert-OH is 1. The second kappa shape index (κ2) is 5.93. The molecule has 0 spiro atoms. The first kappa shape index (κ1) is 18.1. The van der Waals surface area contributed by atoms with Gasteiger partial charge in [-0.15, -0.1) is 5.10 Å². The van der Waals surface area contributed by atoms with Crippen LogP contribution in [0, 0.1) is 5.92 Å². The largest absolute Gasteiger partial charge is 0.391 e. The molecule has 1 aromatic rings. The number of β-amino-alcohol motifs (C(OH)–C–C–N with tert-alkyl or cyclic N) is 1. The number of primary sulfonamides is 2. The Labute approximate surface area is 143 Å². The van der Waals surface area contributed by atoms with Gasteiger partial charge in [0.1, 0.15) is 5.25 Å². The van der Waals surface area contributed by atoms with E-state index in [1.165, 1.54) is 12.2 Å². The number of tetrazole rings is 1. The molecule has 14 heteroatoms. The van der Waals surface area contributed by atoms with Crippen molar-refractivity contribution < 1.29 is 21.9 Å². The highest BCUT2D eigenvalue weighted by Crippen LogP contribution is 2.46. The highest BCUT2D eigenvalue weighted by atomic mass is 32.2. The smallest absolute Gasteiger partial charge is 0.235 e. The molecular weight excluding hydrogens is 374 g/mol. The van der Waals surface area contributed by atoms with Crippen molar-refractivity contribution in [1.29, 1.82) is 0 Å². The number of hydrogen-bond acceptors (Lipinski definition) is 9. The zero-order valence-corrected chi connectivity index (χ0v) is 14.4. The number of allylic oxidation sites excluding steroid dienone is 3. The highest BCUT2D eigenvalue weighted by Gasteiger charge is 2.59. The average Bonchev–Trinajstić information content (AvgIpc) is 3.16. The van der Waals surface area contributed by atoms with Crippen molar-refractivity contribution in [3.8, 4) is 0 Å².